The number of benzene rings is 7. The van der Waals surface area contributed by atoms with Crippen LogP contribution < -0.4 is 0 Å². The SMILES string of the molecule is c1cc(-c2ccc3sc4cc5c6ccccc6c6ccccc6c5cc4c3c2)cc(-c2ccc3ccc4cccnc4c3n2)c1. The second kappa shape index (κ2) is 9.43. The lowest BCUT2D eigenvalue weighted by Crippen LogP contribution is -1.89. The van der Waals surface area contributed by atoms with Crippen molar-refractivity contribution in [3.05, 3.63) is 146 Å². The second-order valence-electron chi connectivity index (χ2n) is 11.8. The highest BCUT2D eigenvalue weighted by atomic mass is 32.1. The summed E-state index contributed by atoms with van der Waals surface area (Å²) in [7, 11) is 0. The Labute approximate surface area is 262 Å². The van der Waals surface area contributed by atoms with Crippen molar-refractivity contribution in [2.24, 2.45) is 0 Å². The molecule has 3 heterocycles. The minimum Gasteiger partial charge on any atom is -0.254 e. The monoisotopic (exact) mass is 588 g/mol. The van der Waals surface area contributed by atoms with Gasteiger partial charge in [-0.15, -0.1) is 11.3 Å². The molecular weight excluding hydrogens is 565 g/mol. The summed E-state index contributed by atoms with van der Waals surface area (Å²) in [5, 5.41) is 12.7. The van der Waals surface area contributed by atoms with Crippen LogP contribution in [0.3, 0.4) is 0 Å². The zero-order valence-electron chi connectivity index (χ0n) is 24.2. The van der Waals surface area contributed by atoms with E-state index in [-0.39, 0.29) is 0 Å². The molecule has 0 aliphatic carbocycles. The van der Waals surface area contributed by atoms with Crippen LogP contribution in [0.25, 0.3) is 96.7 Å². The minimum atomic E-state index is 0.940. The lowest BCUT2D eigenvalue weighted by Gasteiger charge is -2.10. The summed E-state index contributed by atoms with van der Waals surface area (Å²) in [6.45, 7) is 0. The molecule has 0 N–H and O–H groups in total. The van der Waals surface area contributed by atoms with Crippen molar-refractivity contribution in [2.45, 2.75) is 0 Å². The van der Waals surface area contributed by atoms with E-state index in [1.54, 1.807) is 0 Å². The molecule has 10 rings (SSSR count). The van der Waals surface area contributed by atoms with Gasteiger partial charge in [-0.25, -0.2) is 4.98 Å². The van der Waals surface area contributed by atoms with Gasteiger partial charge in [-0.1, -0.05) is 97.1 Å². The third-order valence-electron chi connectivity index (χ3n) is 9.26. The van der Waals surface area contributed by atoms with Crippen molar-refractivity contribution in [3.63, 3.8) is 0 Å². The Morgan fingerprint density at radius 1 is 0.378 bits per heavy atom. The van der Waals surface area contributed by atoms with E-state index in [1.807, 2.05) is 23.6 Å². The van der Waals surface area contributed by atoms with E-state index in [0.29, 0.717) is 0 Å². The predicted octanol–water partition coefficient (Wildman–Crippen LogP) is 11.9. The Bertz CT molecular complexity index is 2830. The molecule has 0 saturated carbocycles. The fraction of sp³-hybridized carbons (Fsp3) is 0. The number of rotatable bonds is 2. The van der Waals surface area contributed by atoms with Crippen molar-refractivity contribution >= 4 is 85.6 Å². The van der Waals surface area contributed by atoms with E-state index in [1.165, 1.54) is 63.6 Å². The Balaban J connectivity index is 1.15. The number of pyridine rings is 2. The van der Waals surface area contributed by atoms with Crippen LogP contribution >= 0.6 is 11.3 Å². The molecule has 0 fully saturated rings. The number of hydrogen-bond acceptors (Lipinski definition) is 3. The van der Waals surface area contributed by atoms with Gasteiger partial charge in [0.25, 0.3) is 0 Å². The van der Waals surface area contributed by atoms with Gasteiger partial charge in [-0.3, -0.25) is 4.98 Å². The van der Waals surface area contributed by atoms with Gasteiger partial charge >= 0.3 is 0 Å². The molecule has 0 amide bonds. The van der Waals surface area contributed by atoms with Crippen LogP contribution in [-0.4, -0.2) is 9.97 Å². The first-order chi connectivity index (χ1) is 22.3. The summed E-state index contributed by atoms with van der Waals surface area (Å²) < 4.78 is 2.63. The lowest BCUT2D eigenvalue weighted by atomic mass is 9.93. The van der Waals surface area contributed by atoms with E-state index in [2.05, 4.69) is 138 Å². The highest BCUT2D eigenvalue weighted by Crippen LogP contribution is 2.43. The van der Waals surface area contributed by atoms with Crippen LogP contribution in [0.1, 0.15) is 0 Å². The fourth-order valence-electron chi connectivity index (χ4n) is 7.10. The van der Waals surface area contributed by atoms with Crippen LogP contribution in [0.2, 0.25) is 0 Å². The zero-order chi connectivity index (χ0) is 29.5. The number of nitrogens with zero attached hydrogens (tertiary/aromatic N) is 2. The molecule has 0 aliphatic rings. The average Bonchev–Trinajstić information content (AvgIpc) is 3.47. The van der Waals surface area contributed by atoms with E-state index >= 15 is 0 Å². The molecule has 7 aromatic carbocycles. The minimum absolute atomic E-state index is 0.940. The maximum absolute atomic E-state index is 5.11. The molecule has 0 radical (unpaired) electrons. The number of thiophene rings is 1. The maximum atomic E-state index is 5.11. The summed E-state index contributed by atoms with van der Waals surface area (Å²) >= 11 is 1.88. The van der Waals surface area contributed by atoms with Crippen molar-refractivity contribution < 1.29 is 0 Å². The zero-order valence-corrected chi connectivity index (χ0v) is 25.0. The first-order valence-electron chi connectivity index (χ1n) is 15.2. The molecule has 208 valence electrons. The first-order valence-corrected chi connectivity index (χ1v) is 16.0. The Kier molecular flexibility index (Phi) is 5.19. The van der Waals surface area contributed by atoms with E-state index < -0.39 is 0 Å². The third-order valence-corrected chi connectivity index (χ3v) is 10.4. The molecule has 3 aromatic heterocycles. The molecule has 0 unspecified atom stereocenters. The topological polar surface area (TPSA) is 25.8 Å². The quantitative estimate of drug-likeness (QED) is 0.188. The molecule has 3 heteroatoms. The number of fused-ring (bicyclic) bond motifs is 12. The van der Waals surface area contributed by atoms with Crippen LogP contribution in [0.15, 0.2) is 146 Å². The first kappa shape index (κ1) is 24.8. The normalized spacial score (nSPS) is 12.0. The summed E-state index contributed by atoms with van der Waals surface area (Å²) in [5.74, 6) is 0. The third kappa shape index (κ3) is 3.75. The molecule has 0 saturated heterocycles. The molecule has 0 spiro atoms. The molecule has 10 aromatic rings. The summed E-state index contributed by atoms with van der Waals surface area (Å²) in [6, 6.07) is 50.7. The van der Waals surface area contributed by atoms with Gasteiger partial charge in [0.15, 0.2) is 0 Å². The van der Waals surface area contributed by atoms with Gasteiger partial charge in [0.2, 0.25) is 0 Å². The average molecular weight is 589 g/mol. The molecule has 45 heavy (non-hydrogen) atoms. The van der Waals surface area contributed by atoms with Crippen molar-refractivity contribution in [1.82, 2.24) is 9.97 Å². The predicted molar refractivity (Wildman–Crippen MR) is 193 cm³/mol. The lowest BCUT2D eigenvalue weighted by molar-refractivity contribution is 1.37. The van der Waals surface area contributed by atoms with E-state index in [4.69, 9.17) is 4.98 Å². The van der Waals surface area contributed by atoms with Gasteiger partial charge in [0.1, 0.15) is 0 Å². The molecular formula is C42H24N2S. The standard InChI is InChI=1S/C42H24N2S/c1-3-12-32-30(10-1)31-11-2-4-13-33(31)35-24-40-37(23-34(32)35)36-22-28(17-19-39(36)45-40)27-7-5-8-29(21-27)38-18-16-26-15-14-25-9-6-20-43-41(25)42(26)44-38/h1-24H. The molecule has 2 nitrogen and oxygen atoms in total. The van der Waals surface area contributed by atoms with Gasteiger partial charge < -0.3 is 0 Å². The van der Waals surface area contributed by atoms with Crippen molar-refractivity contribution in [1.29, 1.82) is 0 Å². The van der Waals surface area contributed by atoms with Crippen LogP contribution in [0.4, 0.5) is 0 Å². The molecule has 0 aliphatic heterocycles. The summed E-state index contributed by atoms with van der Waals surface area (Å²) in [4.78, 5) is 9.75. The summed E-state index contributed by atoms with van der Waals surface area (Å²) in [5.41, 5.74) is 6.33. The smallest absolute Gasteiger partial charge is 0.0972 e. The maximum Gasteiger partial charge on any atom is 0.0972 e. The summed E-state index contributed by atoms with van der Waals surface area (Å²) in [6.07, 6.45) is 1.84. The van der Waals surface area contributed by atoms with E-state index in [9.17, 15) is 0 Å². The molecule has 0 atom stereocenters. The van der Waals surface area contributed by atoms with Gasteiger partial charge in [-0.05, 0) is 85.9 Å². The second-order valence-corrected chi connectivity index (χ2v) is 12.9. The van der Waals surface area contributed by atoms with Crippen molar-refractivity contribution in [2.75, 3.05) is 0 Å². The van der Waals surface area contributed by atoms with Crippen molar-refractivity contribution in [3.8, 4) is 22.4 Å². The van der Waals surface area contributed by atoms with Gasteiger partial charge in [0.05, 0.1) is 16.7 Å². The largest absolute Gasteiger partial charge is 0.254 e. The number of aromatic nitrogens is 2. The van der Waals surface area contributed by atoms with E-state index in [0.717, 1.165) is 33.1 Å². The molecule has 0 bridgehead atoms. The number of hydrogen-bond donors (Lipinski definition) is 0. The highest BCUT2D eigenvalue weighted by molar-refractivity contribution is 7.25. The Hall–Kier alpha value is -5.64. The Morgan fingerprint density at radius 2 is 1.02 bits per heavy atom. The van der Waals surface area contributed by atoms with Crippen LogP contribution in [0.5, 0.6) is 0 Å². The highest BCUT2D eigenvalue weighted by Gasteiger charge is 2.14. The Morgan fingerprint density at radius 3 is 1.82 bits per heavy atom. The van der Waals surface area contributed by atoms with Gasteiger partial charge in [-0.2, -0.15) is 0 Å². The van der Waals surface area contributed by atoms with Crippen LogP contribution in [-0.2, 0) is 0 Å². The fourth-order valence-corrected chi connectivity index (χ4v) is 8.20. The van der Waals surface area contributed by atoms with Gasteiger partial charge in [0, 0.05) is 42.7 Å². The van der Waals surface area contributed by atoms with Crippen LogP contribution in [0, 0.1) is 0 Å².